The van der Waals surface area contributed by atoms with Crippen molar-refractivity contribution in [3.8, 4) is 5.75 Å². The van der Waals surface area contributed by atoms with E-state index >= 15 is 0 Å². The fourth-order valence-electron chi connectivity index (χ4n) is 2.21. The molecule has 2 heterocycles. The fourth-order valence-corrected chi connectivity index (χ4v) is 3.38. The van der Waals surface area contributed by atoms with Crippen molar-refractivity contribution in [1.29, 1.82) is 0 Å². The van der Waals surface area contributed by atoms with E-state index in [0.29, 0.717) is 16.3 Å². The van der Waals surface area contributed by atoms with Crippen LogP contribution in [0.1, 0.15) is 16.1 Å². The van der Waals surface area contributed by atoms with Gasteiger partial charge >= 0.3 is 0 Å². The highest BCUT2D eigenvalue weighted by atomic mass is 32.1. The molecular formula is C12H19N3O3S. The third-order valence-corrected chi connectivity index (χ3v) is 4.53. The van der Waals surface area contributed by atoms with Crippen LogP contribution in [-0.4, -0.2) is 46.4 Å². The van der Waals surface area contributed by atoms with Crippen LogP contribution < -0.4 is 20.7 Å². The number of carbonyl (C=O) groups excluding carboxylic acids is 1. The summed E-state index contributed by atoms with van der Waals surface area (Å²) < 4.78 is 10.7. The second kappa shape index (κ2) is 5.66. The van der Waals surface area contributed by atoms with Crippen molar-refractivity contribution in [3.63, 3.8) is 0 Å². The van der Waals surface area contributed by atoms with Gasteiger partial charge in [0, 0.05) is 27.2 Å². The molecule has 2 rings (SSSR count). The quantitative estimate of drug-likeness (QED) is 0.860. The molecule has 1 aromatic rings. The van der Waals surface area contributed by atoms with E-state index in [1.807, 2.05) is 0 Å². The highest BCUT2D eigenvalue weighted by molar-refractivity contribution is 7.19. The first-order valence-electron chi connectivity index (χ1n) is 6.08. The number of nitrogen functional groups attached to an aromatic ring is 1. The largest absolute Gasteiger partial charge is 0.492 e. The van der Waals surface area contributed by atoms with Crippen LogP contribution in [0.25, 0.3) is 0 Å². The monoisotopic (exact) mass is 285 g/mol. The number of amides is 1. The lowest BCUT2D eigenvalue weighted by Crippen LogP contribution is -2.21. The average Bonchev–Trinajstić information content (AvgIpc) is 3.01. The maximum absolute atomic E-state index is 11.8. The van der Waals surface area contributed by atoms with Crippen LogP contribution in [0.15, 0.2) is 0 Å². The van der Waals surface area contributed by atoms with Crippen molar-refractivity contribution in [2.24, 2.45) is 0 Å². The van der Waals surface area contributed by atoms with Crippen LogP contribution in [-0.2, 0) is 4.74 Å². The Morgan fingerprint density at radius 2 is 2.26 bits per heavy atom. The Morgan fingerprint density at radius 3 is 2.79 bits per heavy atom. The summed E-state index contributed by atoms with van der Waals surface area (Å²) in [5, 5.41) is 3.49. The first-order valence-corrected chi connectivity index (χ1v) is 6.90. The van der Waals surface area contributed by atoms with E-state index in [4.69, 9.17) is 15.2 Å². The predicted octanol–water partition coefficient (Wildman–Crippen LogP) is 0.924. The van der Waals surface area contributed by atoms with E-state index in [1.165, 1.54) is 11.3 Å². The van der Waals surface area contributed by atoms with Gasteiger partial charge in [-0.2, -0.15) is 0 Å². The number of methoxy groups -OCH3 is 2. The summed E-state index contributed by atoms with van der Waals surface area (Å²) in [4.78, 5) is 14.4. The third-order valence-electron chi connectivity index (χ3n) is 3.29. The number of anilines is 2. The lowest BCUT2D eigenvalue weighted by atomic mass is 10.3. The molecule has 0 aromatic carbocycles. The average molecular weight is 285 g/mol. The van der Waals surface area contributed by atoms with E-state index in [2.05, 4.69) is 10.2 Å². The molecule has 1 amide bonds. The number of rotatable bonds is 4. The second-order valence-corrected chi connectivity index (χ2v) is 5.35. The smallest absolute Gasteiger partial charge is 0.263 e. The molecule has 1 saturated heterocycles. The molecule has 1 unspecified atom stereocenters. The molecule has 0 radical (unpaired) electrons. The number of hydrogen-bond donors (Lipinski definition) is 2. The minimum atomic E-state index is -0.186. The molecule has 0 aliphatic carbocycles. The molecule has 0 saturated carbocycles. The van der Waals surface area contributed by atoms with Crippen molar-refractivity contribution < 1.29 is 14.3 Å². The summed E-state index contributed by atoms with van der Waals surface area (Å²) >= 11 is 1.36. The minimum Gasteiger partial charge on any atom is -0.492 e. The van der Waals surface area contributed by atoms with E-state index < -0.39 is 0 Å². The van der Waals surface area contributed by atoms with Gasteiger partial charge < -0.3 is 25.4 Å². The summed E-state index contributed by atoms with van der Waals surface area (Å²) in [7, 11) is 4.87. The fraction of sp³-hybridized carbons (Fsp3) is 0.583. The number of nitrogens with zero attached hydrogens (tertiary/aromatic N) is 1. The van der Waals surface area contributed by atoms with Gasteiger partial charge in [0.05, 0.1) is 13.2 Å². The van der Waals surface area contributed by atoms with Gasteiger partial charge in [-0.3, -0.25) is 4.79 Å². The first-order chi connectivity index (χ1) is 9.12. The zero-order chi connectivity index (χ0) is 14.0. The van der Waals surface area contributed by atoms with Crippen molar-refractivity contribution >= 4 is 27.9 Å². The molecule has 1 aromatic heterocycles. The molecule has 19 heavy (non-hydrogen) atoms. The van der Waals surface area contributed by atoms with E-state index in [0.717, 1.165) is 24.5 Å². The molecule has 1 fully saturated rings. The molecule has 1 atom stereocenters. The van der Waals surface area contributed by atoms with Crippen LogP contribution >= 0.6 is 11.3 Å². The molecule has 0 bridgehead atoms. The number of thiophene rings is 1. The molecule has 1 aliphatic heterocycles. The Kier molecular flexibility index (Phi) is 4.16. The van der Waals surface area contributed by atoms with Crippen LogP contribution in [0.4, 0.5) is 10.7 Å². The first kappa shape index (κ1) is 14.0. The number of nitrogens with two attached hydrogens (primary N) is 1. The van der Waals surface area contributed by atoms with E-state index in [-0.39, 0.29) is 12.0 Å². The Labute approximate surface area is 116 Å². The van der Waals surface area contributed by atoms with E-state index in [1.54, 1.807) is 21.3 Å². The Morgan fingerprint density at radius 1 is 1.53 bits per heavy atom. The molecule has 3 N–H and O–H groups in total. The second-order valence-electron chi connectivity index (χ2n) is 4.35. The SMILES string of the molecule is CNC(=O)c1sc(N2CCC(OC)C2)c(OC)c1N. The Balaban J connectivity index is 2.32. The van der Waals surface area contributed by atoms with Crippen LogP contribution in [0.2, 0.25) is 0 Å². The normalized spacial score (nSPS) is 18.7. The summed E-state index contributed by atoms with van der Waals surface area (Å²) in [5.41, 5.74) is 6.40. The van der Waals surface area contributed by atoms with Crippen LogP contribution in [0.3, 0.4) is 0 Å². The Hall–Kier alpha value is -1.47. The molecule has 0 spiro atoms. The lowest BCUT2D eigenvalue weighted by molar-refractivity contribution is 0.0967. The lowest BCUT2D eigenvalue weighted by Gasteiger charge is -2.17. The van der Waals surface area contributed by atoms with Crippen molar-refractivity contribution in [2.45, 2.75) is 12.5 Å². The van der Waals surface area contributed by atoms with E-state index in [9.17, 15) is 4.79 Å². The summed E-state index contributed by atoms with van der Waals surface area (Å²) in [6.07, 6.45) is 1.18. The van der Waals surface area contributed by atoms with Crippen molar-refractivity contribution in [3.05, 3.63) is 4.88 Å². The van der Waals surface area contributed by atoms with Crippen molar-refractivity contribution in [1.82, 2.24) is 5.32 Å². The predicted molar refractivity (Wildman–Crippen MR) is 76.3 cm³/mol. The van der Waals surface area contributed by atoms with Crippen LogP contribution in [0, 0.1) is 0 Å². The van der Waals surface area contributed by atoms with Gasteiger partial charge in [0.15, 0.2) is 5.75 Å². The third kappa shape index (κ3) is 2.48. The van der Waals surface area contributed by atoms with Crippen LogP contribution in [0.5, 0.6) is 5.75 Å². The summed E-state index contributed by atoms with van der Waals surface area (Å²) in [6.45, 7) is 1.67. The Bertz CT molecular complexity index is 475. The number of carbonyl (C=O) groups is 1. The number of ether oxygens (including phenoxy) is 2. The standard InChI is InChI=1S/C12H19N3O3S/c1-14-11(16)10-8(13)9(18-3)12(19-10)15-5-4-7(6-15)17-2/h7H,4-6,13H2,1-3H3,(H,14,16). The van der Waals surface area contributed by atoms with Crippen molar-refractivity contribution in [2.75, 3.05) is 45.0 Å². The highest BCUT2D eigenvalue weighted by Crippen LogP contribution is 2.45. The van der Waals surface area contributed by atoms with Gasteiger partial charge in [-0.05, 0) is 6.42 Å². The van der Waals surface area contributed by atoms with Gasteiger partial charge in [0.1, 0.15) is 15.6 Å². The zero-order valence-corrected chi connectivity index (χ0v) is 12.2. The maximum Gasteiger partial charge on any atom is 0.263 e. The van der Waals surface area contributed by atoms with Gasteiger partial charge in [0.2, 0.25) is 0 Å². The summed E-state index contributed by atoms with van der Waals surface area (Å²) in [6, 6.07) is 0. The molecule has 1 aliphatic rings. The van der Waals surface area contributed by atoms with Gasteiger partial charge in [-0.1, -0.05) is 0 Å². The molecule has 7 heteroatoms. The molecular weight excluding hydrogens is 266 g/mol. The highest BCUT2D eigenvalue weighted by Gasteiger charge is 2.29. The zero-order valence-electron chi connectivity index (χ0n) is 11.4. The summed E-state index contributed by atoms with van der Waals surface area (Å²) in [5.74, 6) is 0.398. The number of hydrogen-bond acceptors (Lipinski definition) is 6. The molecule has 6 nitrogen and oxygen atoms in total. The van der Waals surface area contributed by atoms with Gasteiger partial charge in [-0.25, -0.2) is 0 Å². The maximum atomic E-state index is 11.8. The topological polar surface area (TPSA) is 76.8 Å². The number of nitrogens with one attached hydrogen (secondary N) is 1. The van der Waals surface area contributed by atoms with Gasteiger partial charge in [-0.15, -0.1) is 11.3 Å². The van der Waals surface area contributed by atoms with Gasteiger partial charge in [0.25, 0.3) is 5.91 Å². The molecule has 106 valence electrons. The minimum absolute atomic E-state index is 0.186.